The van der Waals surface area contributed by atoms with Gasteiger partial charge in [-0.05, 0) is 44.0 Å². The van der Waals surface area contributed by atoms with E-state index in [2.05, 4.69) is 34.1 Å². The largest absolute Gasteiger partial charge is 0.370 e. The topological polar surface area (TPSA) is 6.48 Å². The number of fused-ring (bicyclic) bond motifs is 1. The van der Waals surface area contributed by atoms with Crippen LogP contribution in [0.4, 0.5) is 5.69 Å². The molecule has 0 saturated carbocycles. The lowest BCUT2D eigenvalue weighted by Crippen LogP contribution is -2.37. The van der Waals surface area contributed by atoms with Crippen molar-refractivity contribution in [3.05, 3.63) is 29.8 Å². The number of hydrogen-bond donors (Lipinski definition) is 0. The van der Waals surface area contributed by atoms with Crippen LogP contribution in [0, 0.1) is 0 Å². The summed E-state index contributed by atoms with van der Waals surface area (Å²) >= 11 is 0. The molecule has 1 aromatic carbocycles. The minimum Gasteiger partial charge on any atom is -0.370 e. The first-order chi connectivity index (χ1) is 8.43. The van der Waals surface area contributed by atoms with Crippen LogP contribution < -0.4 is 4.90 Å². The maximum absolute atomic E-state index is 2.63. The molecule has 2 aliphatic rings. The normalized spacial score (nSPS) is 20.6. The minimum absolute atomic E-state index is 1.21. The Morgan fingerprint density at radius 1 is 0.882 bits per heavy atom. The Bertz CT molecular complexity index is 369. The number of likely N-dealkylation sites (tertiary alicyclic amines) is 1. The van der Waals surface area contributed by atoms with Crippen molar-refractivity contribution in [2.45, 2.75) is 25.7 Å². The van der Waals surface area contributed by atoms with Gasteiger partial charge in [0, 0.05) is 25.3 Å². The van der Waals surface area contributed by atoms with Crippen LogP contribution >= 0.6 is 0 Å². The van der Waals surface area contributed by atoms with E-state index >= 15 is 0 Å². The first-order valence-corrected chi connectivity index (χ1v) is 6.99. The van der Waals surface area contributed by atoms with E-state index in [1.54, 1.807) is 0 Å². The molecule has 0 N–H and O–H groups in total. The first kappa shape index (κ1) is 11.1. The molecule has 0 aliphatic carbocycles. The molecule has 3 rings (SSSR count). The third-order valence-corrected chi connectivity index (χ3v) is 4.12. The predicted molar refractivity (Wildman–Crippen MR) is 72.7 cm³/mol. The highest BCUT2D eigenvalue weighted by molar-refractivity contribution is 5.57. The number of anilines is 1. The highest BCUT2D eigenvalue weighted by Crippen LogP contribution is 2.27. The van der Waals surface area contributed by atoms with Gasteiger partial charge in [-0.15, -0.1) is 0 Å². The van der Waals surface area contributed by atoms with Crippen molar-refractivity contribution in [1.82, 2.24) is 4.90 Å². The van der Waals surface area contributed by atoms with E-state index in [4.69, 9.17) is 0 Å². The summed E-state index contributed by atoms with van der Waals surface area (Å²) in [4.78, 5) is 5.19. The van der Waals surface area contributed by atoms with Crippen LogP contribution in [0.5, 0.6) is 0 Å². The second kappa shape index (κ2) is 5.09. The van der Waals surface area contributed by atoms with E-state index in [9.17, 15) is 0 Å². The maximum Gasteiger partial charge on any atom is 0.0399 e. The highest BCUT2D eigenvalue weighted by Gasteiger charge is 2.19. The van der Waals surface area contributed by atoms with E-state index in [0.717, 1.165) is 0 Å². The summed E-state index contributed by atoms with van der Waals surface area (Å²) in [6.07, 6.45) is 5.46. The summed E-state index contributed by atoms with van der Waals surface area (Å²) in [7, 11) is 0. The summed E-state index contributed by atoms with van der Waals surface area (Å²) in [6, 6.07) is 8.87. The molecular weight excluding hydrogens is 208 g/mol. The fourth-order valence-electron chi connectivity index (χ4n) is 3.08. The Morgan fingerprint density at radius 2 is 1.71 bits per heavy atom. The van der Waals surface area contributed by atoms with Crippen molar-refractivity contribution in [3.8, 4) is 0 Å². The van der Waals surface area contributed by atoms with E-state index in [0.29, 0.717) is 0 Å². The number of piperidine rings is 1. The fourth-order valence-corrected chi connectivity index (χ4v) is 3.08. The van der Waals surface area contributed by atoms with Crippen molar-refractivity contribution in [3.63, 3.8) is 0 Å². The minimum atomic E-state index is 1.21. The number of nitrogens with zero attached hydrogens (tertiary/aromatic N) is 2. The molecule has 2 nitrogen and oxygen atoms in total. The van der Waals surface area contributed by atoms with Gasteiger partial charge in [-0.25, -0.2) is 0 Å². The zero-order chi connectivity index (χ0) is 11.5. The molecule has 0 spiro atoms. The van der Waals surface area contributed by atoms with Gasteiger partial charge in [0.25, 0.3) is 0 Å². The van der Waals surface area contributed by atoms with Crippen LogP contribution in [0.3, 0.4) is 0 Å². The summed E-state index contributed by atoms with van der Waals surface area (Å²) in [5.41, 5.74) is 3.01. The maximum atomic E-state index is 2.63. The second-order valence-corrected chi connectivity index (χ2v) is 5.27. The van der Waals surface area contributed by atoms with Gasteiger partial charge in [-0.1, -0.05) is 24.6 Å². The molecule has 0 unspecified atom stereocenters. The van der Waals surface area contributed by atoms with Crippen molar-refractivity contribution in [1.29, 1.82) is 0 Å². The smallest absolute Gasteiger partial charge is 0.0399 e. The van der Waals surface area contributed by atoms with Gasteiger partial charge in [0.2, 0.25) is 0 Å². The van der Waals surface area contributed by atoms with Crippen molar-refractivity contribution in [2.75, 3.05) is 37.6 Å². The molecule has 2 heteroatoms. The number of benzene rings is 1. The molecule has 1 saturated heterocycles. The lowest BCUT2D eigenvalue weighted by Gasteiger charge is -2.29. The first-order valence-electron chi connectivity index (χ1n) is 6.99. The average Bonchev–Trinajstić information content (AvgIpc) is 2.81. The fraction of sp³-hybridized carbons (Fsp3) is 0.600. The molecule has 0 bridgehead atoms. The lowest BCUT2D eigenvalue weighted by atomic mass is 10.1. The van der Waals surface area contributed by atoms with Crippen LogP contribution in [0.1, 0.15) is 24.8 Å². The van der Waals surface area contributed by atoms with Crippen molar-refractivity contribution < 1.29 is 0 Å². The molecule has 2 heterocycles. The summed E-state index contributed by atoms with van der Waals surface area (Å²) < 4.78 is 0. The van der Waals surface area contributed by atoms with Gasteiger partial charge >= 0.3 is 0 Å². The van der Waals surface area contributed by atoms with Crippen LogP contribution in [-0.2, 0) is 6.42 Å². The molecule has 0 radical (unpaired) electrons. The van der Waals surface area contributed by atoms with Crippen LogP contribution in [0.25, 0.3) is 0 Å². The summed E-state index contributed by atoms with van der Waals surface area (Å²) in [5, 5.41) is 0. The molecule has 0 aromatic heterocycles. The standard InChI is InChI=1S/C15H22N2/c1-4-9-16(10-5-1)12-13-17-11-8-14-6-2-3-7-15(14)17/h2-3,6-7H,1,4-5,8-13H2. The Morgan fingerprint density at radius 3 is 2.59 bits per heavy atom. The second-order valence-electron chi connectivity index (χ2n) is 5.27. The monoisotopic (exact) mass is 230 g/mol. The molecule has 1 fully saturated rings. The van der Waals surface area contributed by atoms with Gasteiger partial charge in [0.15, 0.2) is 0 Å². The van der Waals surface area contributed by atoms with E-state index in [1.807, 2.05) is 0 Å². The average molecular weight is 230 g/mol. The van der Waals surface area contributed by atoms with Crippen molar-refractivity contribution >= 4 is 5.69 Å². The Kier molecular flexibility index (Phi) is 3.32. The predicted octanol–water partition coefficient (Wildman–Crippen LogP) is 2.54. The van der Waals surface area contributed by atoms with Gasteiger partial charge in [-0.3, -0.25) is 0 Å². The van der Waals surface area contributed by atoms with E-state index < -0.39 is 0 Å². The number of hydrogen-bond acceptors (Lipinski definition) is 2. The third-order valence-electron chi connectivity index (χ3n) is 4.12. The highest BCUT2D eigenvalue weighted by atomic mass is 15.2. The van der Waals surface area contributed by atoms with Crippen molar-refractivity contribution in [2.24, 2.45) is 0 Å². The van der Waals surface area contributed by atoms with Gasteiger partial charge in [-0.2, -0.15) is 0 Å². The molecule has 2 aliphatic heterocycles. The Balaban J connectivity index is 1.56. The molecular formula is C15H22N2. The quantitative estimate of drug-likeness (QED) is 0.787. The molecule has 0 amide bonds. The van der Waals surface area contributed by atoms with E-state index in [-0.39, 0.29) is 0 Å². The van der Waals surface area contributed by atoms with Gasteiger partial charge in [0.1, 0.15) is 0 Å². The van der Waals surface area contributed by atoms with Gasteiger partial charge in [0.05, 0.1) is 0 Å². The van der Waals surface area contributed by atoms with Crippen LogP contribution in [-0.4, -0.2) is 37.6 Å². The SMILES string of the molecule is c1ccc2c(c1)CCN2CCN1CCCCC1. The zero-order valence-electron chi connectivity index (χ0n) is 10.6. The number of para-hydroxylation sites is 1. The summed E-state index contributed by atoms with van der Waals surface area (Å²) in [6.45, 7) is 6.30. The van der Waals surface area contributed by atoms with Crippen LogP contribution in [0.15, 0.2) is 24.3 Å². The number of rotatable bonds is 3. The van der Waals surface area contributed by atoms with E-state index in [1.165, 1.54) is 69.7 Å². The summed E-state index contributed by atoms with van der Waals surface area (Å²) in [5.74, 6) is 0. The van der Waals surface area contributed by atoms with Crippen LogP contribution in [0.2, 0.25) is 0 Å². The molecule has 0 atom stereocenters. The zero-order valence-corrected chi connectivity index (χ0v) is 10.6. The Labute approximate surface area is 104 Å². The molecule has 92 valence electrons. The Hall–Kier alpha value is -1.02. The lowest BCUT2D eigenvalue weighted by molar-refractivity contribution is 0.233. The molecule has 17 heavy (non-hydrogen) atoms. The molecule has 1 aromatic rings. The van der Waals surface area contributed by atoms with Gasteiger partial charge < -0.3 is 9.80 Å². The third kappa shape index (κ3) is 2.47.